The monoisotopic (exact) mass is 308 g/mol. The first-order valence-electron chi connectivity index (χ1n) is 7.64. The maximum atomic E-state index is 12.7. The van der Waals surface area contributed by atoms with Gasteiger partial charge in [0.1, 0.15) is 5.75 Å². The maximum Gasteiger partial charge on any atom is 0.253 e. The normalized spacial score (nSPS) is 21.5. The summed E-state index contributed by atoms with van der Waals surface area (Å²) in [6, 6.07) is 5.09. The molecule has 1 heterocycles. The van der Waals surface area contributed by atoms with E-state index in [1.54, 1.807) is 12.1 Å². The Kier molecular flexibility index (Phi) is 4.36. The van der Waals surface area contributed by atoms with Crippen LogP contribution in [0.3, 0.4) is 0 Å². The number of phenols is 1. The Bertz CT molecular complexity index is 525. The van der Waals surface area contributed by atoms with Gasteiger partial charge in [0.25, 0.3) is 5.91 Å². The predicted molar refractivity (Wildman–Crippen MR) is 82.8 cm³/mol. The van der Waals surface area contributed by atoms with Crippen molar-refractivity contribution in [2.75, 3.05) is 19.6 Å². The third kappa shape index (κ3) is 3.69. The molecular weight excluding hydrogens is 288 g/mol. The zero-order valence-electron chi connectivity index (χ0n) is 12.0. The summed E-state index contributed by atoms with van der Waals surface area (Å²) >= 11 is 5.92. The van der Waals surface area contributed by atoms with Gasteiger partial charge >= 0.3 is 0 Å². The molecule has 1 aliphatic carbocycles. The van der Waals surface area contributed by atoms with E-state index < -0.39 is 0 Å². The van der Waals surface area contributed by atoms with E-state index >= 15 is 0 Å². The molecule has 21 heavy (non-hydrogen) atoms. The van der Waals surface area contributed by atoms with Crippen LogP contribution in [0.5, 0.6) is 5.75 Å². The van der Waals surface area contributed by atoms with Gasteiger partial charge in [-0.1, -0.05) is 11.6 Å². The summed E-state index contributed by atoms with van der Waals surface area (Å²) in [6.07, 6.45) is 4.75. The molecule has 0 spiro atoms. The SMILES string of the molecule is O=C(c1ccc(O)c(Cl)c1)N(CC1CC1)CC1CCCN1. The highest BCUT2D eigenvalue weighted by molar-refractivity contribution is 6.32. The number of rotatable bonds is 5. The third-order valence-electron chi connectivity index (χ3n) is 4.26. The molecule has 0 radical (unpaired) electrons. The summed E-state index contributed by atoms with van der Waals surface area (Å²) in [6.45, 7) is 2.63. The molecule has 1 atom stereocenters. The fourth-order valence-corrected chi connectivity index (χ4v) is 3.03. The molecule has 1 saturated carbocycles. The molecule has 1 aromatic carbocycles. The molecule has 4 nitrogen and oxygen atoms in total. The van der Waals surface area contributed by atoms with E-state index in [1.165, 1.54) is 25.3 Å². The van der Waals surface area contributed by atoms with Gasteiger partial charge in [0.2, 0.25) is 0 Å². The fourth-order valence-electron chi connectivity index (χ4n) is 2.85. The van der Waals surface area contributed by atoms with E-state index in [0.717, 1.165) is 26.1 Å². The molecule has 1 saturated heterocycles. The first kappa shape index (κ1) is 14.7. The van der Waals surface area contributed by atoms with Crippen molar-refractivity contribution >= 4 is 17.5 Å². The number of hydrogen-bond acceptors (Lipinski definition) is 3. The Morgan fingerprint density at radius 3 is 2.76 bits per heavy atom. The second-order valence-corrected chi connectivity index (χ2v) is 6.52. The fraction of sp³-hybridized carbons (Fsp3) is 0.562. The molecule has 1 aliphatic heterocycles. The lowest BCUT2D eigenvalue weighted by Crippen LogP contribution is -2.42. The van der Waals surface area contributed by atoms with Gasteiger partial charge in [-0.25, -0.2) is 0 Å². The minimum Gasteiger partial charge on any atom is -0.506 e. The summed E-state index contributed by atoms with van der Waals surface area (Å²) in [5, 5.41) is 13.2. The van der Waals surface area contributed by atoms with Crippen molar-refractivity contribution in [2.24, 2.45) is 5.92 Å². The molecule has 0 bridgehead atoms. The van der Waals surface area contributed by atoms with Gasteiger partial charge in [0, 0.05) is 24.7 Å². The van der Waals surface area contributed by atoms with Gasteiger partial charge in [-0.05, 0) is 56.3 Å². The summed E-state index contributed by atoms with van der Waals surface area (Å²) in [7, 11) is 0. The predicted octanol–water partition coefficient (Wildman–Crippen LogP) is 2.65. The number of benzene rings is 1. The Balaban J connectivity index is 1.73. The second kappa shape index (κ2) is 6.24. The average Bonchev–Trinajstić information content (AvgIpc) is 3.14. The molecule has 114 valence electrons. The van der Waals surface area contributed by atoms with Crippen LogP contribution in [0, 0.1) is 5.92 Å². The number of aromatic hydroxyl groups is 1. The van der Waals surface area contributed by atoms with Crippen LogP contribution in [0.2, 0.25) is 5.02 Å². The van der Waals surface area contributed by atoms with Gasteiger partial charge in [-0.2, -0.15) is 0 Å². The number of hydrogen-bond donors (Lipinski definition) is 2. The van der Waals surface area contributed by atoms with E-state index in [1.807, 2.05) is 4.90 Å². The summed E-state index contributed by atoms with van der Waals surface area (Å²) < 4.78 is 0. The summed E-state index contributed by atoms with van der Waals surface area (Å²) in [4.78, 5) is 14.7. The Hall–Kier alpha value is -1.26. The largest absolute Gasteiger partial charge is 0.506 e. The zero-order valence-corrected chi connectivity index (χ0v) is 12.8. The number of nitrogens with zero attached hydrogens (tertiary/aromatic N) is 1. The van der Waals surface area contributed by atoms with Gasteiger partial charge in [-0.3, -0.25) is 4.79 Å². The first-order chi connectivity index (χ1) is 10.1. The average molecular weight is 309 g/mol. The highest BCUT2D eigenvalue weighted by atomic mass is 35.5. The standard InChI is InChI=1S/C16H21ClN2O2/c17-14-8-12(5-6-15(14)20)16(21)19(9-11-3-4-11)10-13-2-1-7-18-13/h5-6,8,11,13,18,20H,1-4,7,9-10H2. The highest BCUT2D eigenvalue weighted by Crippen LogP contribution is 2.31. The van der Waals surface area contributed by atoms with Crippen LogP contribution in [0.25, 0.3) is 0 Å². The number of carbonyl (C=O) groups is 1. The van der Waals surface area contributed by atoms with Crippen molar-refractivity contribution in [2.45, 2.75) is 31.7 Å². The smallest absolute Gasteiger partial charge is 0.253 e. The topological polar surface area (TPSA) is 52.6 Å². The Labute approximate surface area is 130 Å². The summed E-state index contributed by atoms with van der Waals surface area (Å²) in [5.74, 6) is 0.680. The van der Waals surface area contributed by atoms with Crippen LogP contribution in [0.1, 0.15) is 36.0 Å². The molecule has 1 amide bonds. The van der Waals surface area contributed by atoms with Gasteiger partial charge in [0.15, 0.2) is 0 Å². The molecule has 2 fully saturated rings. The van der Waals surface area contributed by atoms with Crippen LogP contribution in [-0.4, -0.2) is 41.6 Å². The number of halogens is 1. The van der Waals surface area contributed by atoms with Crippen molar-refractivity contribution in [1.29, 1.82) is 0 Å². The lowest BCUT2D eigenvalue weighted by molar-refractivity contribution is 0.0733. The molecular formula is C16H21ClN2O2. The Morgan fingerprint density at radius 2 is 2.14 bits per heavy atom. The molecule has 3 rings (SSSR count). The van der Waals surface area contributed by atoms with Gasteiger partial charge in [-0.15, -0.1) is 0 Å². The molecule has 1 aromatic rings. The second-order valence-electron chi connectivity index (χ2n) is 6.11. The van der Waals surface area contributed by atoms with Crippen molar-refractivity contribution < 1.29 is 9.90 Å². The van der Waals surface area contributed by atoms with Crippen molar-refractivity contribution in [1.82, 2.24) is 10.2 Å². The summed E-state index contributed by atoms with van der Waals surface area (Å²) in [5.41, 5.74) is 0.552. The van der Waals surface area contributed by atoms with E-state index in [4.69, 9.17) is 11.6 Å². The van der Waals surface area contributed by atoms with E-state index in [-0.39, 0.29) is 16.7 Å². The molecule has 0 aromatic heterocycles. The van der Waals surface area contributed by atoms with Gasteiger partial charge in [0.05, 0.1) is 5.02 Å². The highest BCUT2D eigenvalue weighted by Gasteiger charge is 2.29. The molecule has 2 N–H and O–H groups in total. The third-order valence-corrected chi connectivity index (χ3v) is 4.56. The van der Waals surface area contributed by atoms with E-state index in [2.05, 4.69) is 5.32 Å². The van der Waals surface area contributed by atoms with Crippen molar-refractivity contribution in [3.05, 3.63) is 28.8 Å². The lowest BCUT2D eigenvalue weighted by Gasteiger charge is -2.26. The van der Waals surface area contributed by atoms with Gasteiger partial charge < -0.3 is 15.3 Å². The van der Waals surface area contributed by atoms with Crippen LogP contribution < -0.4 is 5.32 Å². The van der Waals surface area contributed by atoms with Crippen LogP contribution in [-0.2, 0) is 0 Å². The van der Waals surface area contributed by atoms with Crippen LogP contribution >= 0.6 is 11.6 Å². The van der Waals surface area contributed by atoms with Crippen LogP contribution in [0.4, 0.5) is 0 Å². The lowest BCUT2D eigenvalue weighted by atomic mass is 10.1. The van der Waals surface area contributed by atoms with E-state index in [9.17, 15) is 9.90 Å². The quantitative estimate of drug-likeness (QED) is 0.879. The minimum atomic E-state index is 0.0116. The number of carbonyl (C=O) groups excluding carboxylic acids is 1. The number of nitrogens with one attached hydrogen (secondary N) is 1. The van der Waals surface area contributed by atoms with Crippen LogP contribution in [0.15, 0.2) is 18.2 Å². The number of phenolic OH excluding ortho intramolecular Hbond substituents is 1. The minimum absolute atomic E-state index is 0.0116. The molecule has 1 unspecified atom stereocenters. The molecule has 2 aliphatic rings. The van der Waals surface area contributed by atoms with Crippen molar-refractivity contribution in [3.63, 3.8) is 0 Å². The number of amides is 1. The zero-order chi connectivity index (χ0) is 14.8. The van der Waals surface area contributed by atoms with Crippen molar-refractivity contribution in [3.8, 4) is 5.75 Å². The molecule has 5 heteroatoms. The van der Waals surface area contributed by atoms with E-state index in [0.29, 0.717) is 17.5 Å². The maximum absolute atomic E-state index is 12.7. The first-order valence-corrected chi connectivity index (χ1v) is 8.02. The Morgan fingerprint density at radius 1 is 1.33 bits per heavy atom.